The summed E-state index contributed by atoms with van der Waals surface area (Å²) in [6.07, 6.45) is 0. The Kier molecular flexibility index (Phi) is 2.94. The maximum Gasteiger partial charge on any atom is 0.157 e. The van der Waals surface area contributed by atoms with Crippen molar-refractivity contribution < 1.29 is 9.84 Å². The van der Waals surface area contributed by atoms with Crippen molar-refractivity contribution in [2.24, 2.45) is 0 Å². The molecular formula is C7H5Cl3O2. The van der Waals surface area contributed by atoms with E-state index < -0.39 is 0 Å². The molecule has 1 aromatic carbocycles. The van der Waals surface area contributed by atoms with Crippen LogP contribution in [0, 0.1) is 0 Å². The Hall–Kier alpha value is -0.310. The molecule has 2 nitrogen and oxygen atoms in total. The Bertz CT molecular complexity index is 312. The van der Waals surface area contributed by atoms with Crippen molar-refractivity contribution in [3.8, 4) is 11.5 Å². The third kappa shape index (κ3) is 1.56. The van der Waals surface area contributed by atoms with Gasteiger partial charge in [0.15, 0.2) is 5.75 Å². The molecule has 0 aliphatic rings. The normalized spacial score (nSPS) is 10.0. The molecular weight excluding hydrogens is 222 g/mol. The van der Waals surface area contributed by atoms with Crippen molar-refractivity contribution in [3.05, 3.63) is 21.1 Å². The average molecular weight is 227 g/mol. The fraction of sp³-hybridized carbons (Fsp3) is 0.143. The Labute approximate surface area is 84.6 Å². The lowest BCUT2D eigenvalue weighted by Crippen LogP contribution is -1.86. The van der Waals surface area contributed by atoms with Crippen LogP contribution in [-0.4, -0.2) is 12.2 Å². The molecule has 0 unspecified atom stereocenters. The Morgan fingerprint density at radius 1 is 1.25 bits per heavy atom. The van der Waals surface area contributed by atoms with Crippen LogP contribution in [-0.2, 0) is 0 Å². The van der Waals surface area contributed by atoms with Gasteiger partial charge in [0, 0.05) is 6.07 Å². The summed E-state index contributed by atoms with van der Waals surface area (Å²) in [7, 11) is 1.42. The first-order valence-electron chi connectivity index (χ1n) is 2.98. The van der Waals surface area contributed by atoms with Crippen LogP contribution in [0.15, 0.2) is 6.07 Å². The Morgan fingerprint density at radius 3 is 2.33 bits per heavy atom. The van der Waals surface area contributed by atoms with Gasteiger partial charge in [0.25, 0.3) is 0 Å². The molecule has 0 saturated heterocycles. The third-order valence-electron chi connectivity index (χ3n) is 1.30. The number of ether oxygens (including phenoxy) is 1. The van der Waals surface area contributed by atoms with Crippen molar-refractivity contribution in [1.29, 1.82) is 0 Å². The molecule has 0 aliphatic carbocycles. The van der Waals surface area contributed by atoms with Gasteiger partial charge in [0.05, 0.1) is 12.1 Å². The second-order valence-corrected chi connectivity index (χ2v) is 3.20. The van der Waals surface area contributed by atoms with Gasteiger partial charge in [0.1, 0.15) is 15.8 Å². The summed E-state index contributed by atoms with van der Waals surface area (Å²) >= 11 is 17.0. The molecule has 0 atom stereocenters. The highest BCUT2D eigenvalue weighted by atomic mass is 35.5. The van der Waals surface area contributed by atoms with Crippen LogP contribution in [0.25, 0.3) is 0 Å². The lowest BCUT2D eigenvalue weighted by Gasteiger charge is -2.07. The van der Waals surface area contributed by atoms with E-state index >= 15 is 0 Å². The number of rotatable bonds is 1. The van der Waals surface area contributed by atoms with Crippen molar-refractivity contribution in [2.45, 2.75) is 0 Å². The minimum absolute atomic E-state index is 0.0397. The SMILES string of the molecule is COc1c(Cl)cc(O)c(Cl)c1Cl. The van der Waals surface area contributed by atoms with Crippen LogP contribution in [0.1, 0.15) is 0 Å². The molecule has 66 valence electrons. The van der Waals surface area contributed by atoms with Crippen LogP contribution >= 0.6 is 34.8 Å². The van der Waals surface area contributed by atoms with E-state index in [0.29, 0.717) is 0 Å². The van der Waals surface area contributed by atoms with E-state index in [1.54, 1.807) is 0 Å². The highest BCUT2D eigenvalue weighted by Gasteiger charge is 2.14. The van der Waals surface area contributed by atoms with Gasteiger partial charge < -0.3 is 9.84 Å². The quantitative estimate of drug-likeness (QED) is 0.746. The predicted octanol–water partition coefficient (Wildman–Crippen LogP) is 3.36. The summed E-state index contributed by atoms with van der Waals surface area (Å²) in [5, 5.41) is 9.53. The molecule has 1 aromatic rings. The minimum Gasteiger partial charge on any atom is -0.506 e. The molecule has 0 bridgehead atoms. The fourth-order valence-corrected chi connectivity index (χ4v) is 1.49. The molecule has 0 aromatic heterocycles. The van der Waals surface area contributed by atoms with E-state index in [1.807, 2.05) is 0 Å². The van der Waals surface area contributed by atoms with Gasteiger partial charge >= 0.3 is 0 Å². The number of phenols is 1. The molecule has 0 spiro atoms. The van der Waals surface area contributed by atoms with Crippen molar-refractivity contribution in [2.75, 3.05) is 7.11 Å². The van der Waals surface area contributed by atoms with Crippen LogP contribution < -0.4 is 4.74 Å². The van der Waals surface area contributed by atoms with Crippen molar-refractivity contribution >= 4 is 34.8 Å². The van der Waals surface area contributed by atoms with E-state index in [2.05, 4.69) is 0 Å². The number of aromatic hydroxyl groups is 1. The maximum atomic E-state index is 9.14. The predicted molar refractivity (Wildman–Crippen MR) is 49.7 cm³/mol. The number of hydrogen-bond donors (Lipinski definition) is 1. The number of benzene rings is 1. The van der Waals surface area contributed by atoms with Gasteiger partial charge in [0.2, 0.25) is 0 Å². The van der Waals surface area contributed by atoms with Crippen LogP contribution in [0.4, 0.5) is 0 Å². The van der Waals surface area contributed by atoms with Crippen LogP contribution in [0.2, 0.25) is 15.1 Å². The first-order valence-corrected chi connectivity index (χ1v) is 4.11. The Morgan fingerprint density at radius 2 is 1.83 bits per heavy atom. The first-order chi connectivity index (χ1) is 5.57. The highest BCUT2D eigenvalue weighted by Crippen LogP contribution is 2.43. The minimum atomic E-state index is -0.160. The molecule has 0 fully saturated rings. The van der Waals surface area contributed by atoms with Gasteiger partial charge in [-0.2, -0.15) is 0 Å². The summed E-state index contributed by atoms with van der Waals surface area (Å²) in [5.41, 5.74) is 0. The standard InChI is InChI=1S/C7H5Cl3O2/c1-12-7-3(8)2-4(11)5(9)6(7)10/h2,11H,1H3. The Balaban J connectivity index is 3.40. The van der Waals surface area contributed by atoms with Gasteiger partial charge in [-0.25, -0.2) is 0 Å². The molecule has 0 heterocycles. The van der Waals surface area contributed by atoms with Gasteiger partial charge in [-0.1, -0.05) is 34.8 Å². The van der Waals surface area contributed by atoms with Gasteiger partial charge in [-0.05, 0) is 0 Å². The summed E-state index contributed by atoms with van der Waals surface area (Å²) in [5.74, 6) is 0.105. The zero-order chi connectivity index (χ0) is 9.30. The zero-order valence-corrected chi connectivity index (χ0v) is 8.33. The number of methoxy groups -OCH3 is 1. The van der Waals surface area contributed by atoms with Gasteiger partial charge in [-0.15, -0.1) is 0 Å². The summed E-state index contributed by atoms with van der Waals surface area (Å²) in [6, 6.07) is 1.27. The molecule has 5 heteroatoms. The molecule has 0 radical (unpaired) electrons. The number of phenolic OH excluding ortho intramolecular Hbond substituents is 1. The topological polar surface area (TPSA) is 29.5 Å². The maximum absolute atomic E-state index is 9.14. The summed E-state index contributed by atoms with van der Waals surface area (Å²) < 4.78 is 4.85. The molecule has 12 heavy (non-hydrogen) atoms. The lowest BCUT2D eigenvalue weighted by atomic mass is 10.3. The van der Waals surface area contributed by atoms with E-state index in [1.165, 1.54) is 13.2 Å². The molecule has 1 rings (SSSR count). The average Bonchev–Trinajstić information content (AvgIpc) is 2.01. The smallest absolute Gasteiger partial charge is 0.157 e. The molecule has 0 aliphatic heterocycles. The van der Waals surface area contributed by atoms with Crippen molar-refractivity contribution in [1.82, 2.24) is 0 Å². The number of halogens is 3. The van der Waals surface area contributed by atoms with Gasteiger partial charge in [-0.3, -0.25) is 0 Å². The second kappa shape index (κ2) is 3.60. The largest absolute Gasteiger partial charge is 0.506 e. The van der Waals surface area contributed by atoms with E-state index in [0.717, 1.165) is 0 Å². The van der Waals surface area contributed by atoms with Crippen LogP contribution in [0.3, 0.4) is 0 Å². The lowest BCUT2D eigenvalue weighted by molar-refractivity contribution is 0.413. The highest BCUT2D eigenvalue weighted by molar-refractivity contribution is 6.45. The van der Waals surface area contributed by atoms with E-state index in [4.69, 9.17) is 44.6 Å². The monoisotopic (exact) mass is 226 g/mol. The number of hydrogen-bond acceptors (Lipinski definition) is 2. The van der Waals surface area contributed by atoms with Crippen LogP contribution in [0.5, 0.6) is 11.5 Å². The molecule has 0 amide bonds. The molecule has 0 saturated carbocycles. The second-order valence-electron chi connectivity index (χ2n) is 2.04. The zero-order valence-electron chi connectivity index (χ0n) is 6.07. The fourth-order valence-electron chi connectivity index (χ4n) is 0.753. The van der Waals surface area contributed by atoms with E-state index in [9.17, 15) is 0 Å². The molecule has 1 N–H and O–H groups in total. The summed E-state index contributed by atoms with van der Waals surface area (Å²) in [4.78, 5) is 0. The summed E-state index contributed by atoms with van der Waals surface area (Å²) in [6.45, 7) is 0. The third-order valence-corrected chi connectivity index (χ3v) is 2.42. The van der Waals surface area contributed by atoms with E-state index in [-0.39, 0.29) is 26.6 Å². The first kappa shape index (κ1) is 9.78. The van der Waals surface area contributed by atoms with Crippen molar-refractivity contribution in [3.63, 3.8) is 0 Å².